The molecule has 7 heteroatoms. The molecule has 158 valence electrons. The Hall–Kier alpha value is -3.09. The van der Waals surface area contributed by atoms with Crippen LogP contribution in [0.3, 0.4) is 0 Å². The molecule has 1 fully saturated rings. The van der Waals surface area contributed by atoms with Gasteiger partial charge in [0.25, 0.3) is 0 Å². The third-order valence-electron chi connectivity index (χ3n) is 5.58. The zero-order chi connectivity index (χ0) is 20.9. The molecule has 0 atom stereocenters. The lowest BCUT2D eigenvalue weighted by atomic mass is 10.1. The number of hydrogen-bond donors (Lipinski definition) is 2. The number of aromatic nitrogens is 3. The minimum Gasteiger partial charge on any atom is -0.356 e. The topological polar surface area (TPSA) is 75.1 Å². The molecule has 3 heterocycles. The van der Waals surface area contributed by atoms with Gasteiger partial charge in [-0.3, -0.25) is 4.79 Å². The van der Waals surface area contributed by atoms with Gasteiger partial charge in [0, 0.05) is 62.1 Å². The molecule has 1 amide bonds. The molecule has 30 heavy (non-hydrogen) atoms. The quantitative estimate of drug-likeness (QED) is 0.590. The van der Waals surface area contributed by atoms with Crippen molar-refractivity contribution in [2.75, 3.05) is 36.4 Å². The van der Waals surface area contributed by atoms with Gasteiger partial charge in [0.2, 0.25) is 11.9 Å². The maximum atomic E-state index is 12.4. The summed E-state index contributed by atoms with van der Waals surface area (Å²) in [5, 5.41) is 7.37. The summed E-state index contributed by atoms with van der Waals surface area (Å²) in [4.78, 5) is 23.9. The molecule has 4 rings (SSSR count). The van der Waals surface area contributed by atoms with Crippen LogP contribution in [-0.2, 0) is 18.3 Å². The second-order valence-corrected chi connectivity index (χ2v) is 7.97. The highest BCUT2D eigenvalue weighted by Crippen LogP contribution is 2.21. The van der Waals surface area contributed by atoms with Crippen molar-refractivity contribution in [3.05, 3.63) is 47.8 Å². The van der Waals surface area contributed by atoms with Crippen LogP contribution in [0, 0.1) is 6.92 Å². The van der Waals surface area contributed by atoms with Crippen LogP contribution in [0.1, 0.15) is 30.5 Å². The second kappa shape index (κ2) is 9.15. The van der Waals surface area contributed by atoms with Gasteiger partial charge in [-0.2, -0.15) is 4.98 Å². The third-order valence-corrected chi connectivity index (χ3v) is 5.58. The van der Waals surface area contributed by atoms with Crippen LogP contribution in [0.25, 0.3) is 10.9 Å². The number of rotatable bonds is 7. The third kappa shape index (κ3) is 4.72. The van der Waals surface area contributed by atoms with Crippen molar-refractivity contribution in [3.63, 3.8) is 0 Å². The normalized spacial score (nSPS) is 14.1. The van der Waals surface area contributed by atoms with E-state index in [0.717, 1.165) is 41.1 Å². The van der Waals surface area contributed by atoms with E-state index >= 15 is 0 Å². The highest BCUT2D eigenvalue weighted by atomic mass is 16.1. The molecule has 1 aromatic carbocycles. The Morgan fingerprint density at radius 2 is 1.90 bits per heavy atom. The minimum absolute atomic E-state index is 0.0207. The molecule has 0 radical (unpaired) electrons. The van der Waals surface area contributed by atoms with Gasteiger partial charge in [0.1, 0.15) is 5.82 Å². The molecule has 0 spiro atoms. The monoisotopic (exact) mass is 406 g/mol. The molecule has 1 aliphatic rings. The van der Waals surface area contributed by atoms with E-state index in [-0.39, 0.29) is 5.91 Å². The molecule has 7 nitrogen and oxygen atoms in total. The van der Waals surface area contributed by atoms with Gasteiger partial charge in [0.15, 0.2) is 0 Å². The maximum absolute atomic E-state index is 12.4. The van der Waals surface area contributed by atoms with Gasteiger partial charge in [-0.1, -0.05) is 18.2 Å². The van der Waals surface area contributed by atoms with Crippen LogP contribution in [0.4, 0.5) is 11.8 Å². The number of hydrogen-bond acceptors (Lipinski definition) is 5. The zero-order valence-corrected chi connectivity index (χ0v) is 17.8. The Morgan fingerprint density at radius 3 is 2.73 bits per heavy atom. The van der Waals surface area contributed by atoms with E-state index < -0.39 is 0 Å². The smallest absolute Gasteiger partial charge is 0.224 e. The van der Waals surface area contributed by atoms with Crippen LogP contribution < -0.4 is 15.5 Å². The average molecular weight is 407 g/mol. The number of aryl methyl sites for hydroxylation is 2. The predicted molar refractivity (Wildman–Crippen MR) is 121 cm³/mol. The number of carbonyl (C=O) groups excluding carboxylic acids is 1. The van der Waals surface area contributed by atoms with Crippen LogP contribution in [-0.4, -0.2) is 46.6 Å². The fourth-order valence-electron chi connectivity index (χ4n) is 4.09. The van der Waals surface area contributed by atoms with Gasteiger partial charge in [-0.15, -0.1) is 0 Å². The predicted octanol–water partition coefficient (Wildman–Crippen LogP) is 3.04. The number of nitrogens with one attached hydrogen (secondary N) is 2. The minimum atomic E-state index is 0.0207. The molecule has 2 aromatic heterocycles. The van der Waals surface area contributed by atoms with Crippen molar-refractivity contribution >= 4 is 28.6 Å². The van der Waals surface area contributed by atoms with E-state index in [9.17, 15) is 4.79 Å². The van der Waals surface area contributed by atoms with Gasteiger partial charge in [-0.05, 0) is 37.8 Å². The number of piperidine rings is 1. The number of carbonyl (C=O) groups is 1. The fourth-order valence-corrected chi connectivity index (χ4v) is 4.09. The van der Waals surface area contributed by atoms with Gasteiger partial charge < -0.3 is 20.1 Å². The lowest BCUT2D eigenvalue weighted by molar-refractivity contribution is -0.120. The summed E-state index contributed by atoms with van der Waals surface area (Å²) in [7, 11) is 2.01. The van der Waals surface area contributed by atoms with Crippen molar-refractivity contribution in [1.82, 2.24) is 19.9 Å². The second-order valence-electron chi connectivity index (χ2n) is 7.97. The lowest BCUT2D eigenvalue weighted by Gasteiger charge is -2.28. The standard InChI is InChI=1S/C23H30N6O/c1-17-14-21(29-12-6-3-7-13-29)27-23(26-17)25-11-10-24-22(30)15-18-16-28(2)20-9-5-4-8-19(18)20/h4-5,8-9,14,16H,3,6-7,10-13,15H2,1-2H3,(H,24,30)(H,25,26,27). The Bertz CT molecular complexity index is 1020. The van der Waals surface area contributed by atoms with Crippen LogP contribution >= 0.6 is 0 Å². The summed E-state index contributed by atoms with van der Waals surface area (Å²) in [5.41, 5.74) is 3.14. The first-order chi connectivity index (χ1) is 14.6. The van der Waals surface area contributed by atoms with E-state index in [4.69, 9.17) is 0 Å². The van der Waals surface area contributed by atoms with Gasteiger partial charge in [-0.25, -0.2) is 4.98 Å². The SMILES string of the molecule is Cc1cc(N2CCCCC2)nc(NCCNC(=O)Cc2cn(C)c3ccccc23)n1. The molecular formula is C23H30N6O. The van der Waals surface area contributed by atoms with Crippen molar-refractivity contribution in [3.8, 4) is 0 Å². The van der Waals surface area contributed by atoms with Crippen molar-refractivity contribution < 1.29 is 4.79 Å². The molecule has 0 aliphatic carbocycles. The Morgan fingerprint density at radius 1 is 1.10 bits per heavy atom. The summed E-state index contributed by atoms with van der Waals surface area (Å²) in [6.45, 7) is 5.22. The molecule has 0 unspecified atom stereocenters. The van der Waals surface area contributed by atoms with E-state index in [1.165, 1.54) is 19.3 Å². The number of fused-ring (bicyclic) bond motifs is 1. The molecule has 2 N–H and O–H groups in total. The number of nitrogens with zero attached hydrogens (tertiary/aromatic N) is 4. The van der Waals surface area contributed by atoms with Crippen LogP contribution in [0.5, 0.6) is 0 Å². The Balaban J connectivity index is 1.28. The number of benzene rings is 1. The zero-order valence-electron chi connectivity index (χ0n) is 17.8. The van der Waals surface area contributed by atoms with Gasteiger partial charge in [0.05, 0.1) is 6.42 Å². The summed E-state index contributed by atoms with van der Waals surface area (Å²) >= 11 is 0. The van der Waals surface area contributed by atoms with E-state index in [2.05, 4.69) is 42.2 Å². The number of amides is 1. The molecule has 1 aliphatic heterocycles. The largest absolute Gasteiger partial charge is 0.356 e. The van der Waals surface area contributed by atoms with Crippen molar-refractivity contribution in [2.24, 2.45) is 7.05 Å². The van der Waals surface area contributed by atoms with Crippen molar-refractivity contribution in [2.45, 2.75) is 32.6 Å². The van der Waals surface area contributed by atoms with Gasteiger partial charge >= 0.3 is 0 Å². The molecule has 0 saturated carbocycles. The van der Waals surface area contributed by atoms with E-state index in [0.29, 0.717) is 25.5 Å². The van der Waals surface area contributed by atoms with Crippen molar-refractivity contribution in [1.29, 1.82) is 0 Å². The first kappa shape index (κ1) is 20.2. The molecule has 1 saturated heterocycles. The van der Waals surface area contributed by atoms with Crippen LogP contribution in [0.2, 0.25) is 0 Å². The Labute approximate surface area is 177 Å². The van der Waals surface area contributed by atoms with E-state index in [1.807, 2.05) is 38.4 Å². The molecule has 0 bridgehead atoms. The maximum Gasteiger partial charge on any atom is 0.224 e. The average Bonchev–Trinajstić information content (AvgIpc) is 3.07. The fraction of sp³-hybridized carbons (Fsp3) is 0.435. The summed E-state index contributed by atoms with van der Waals surface area (Å²) in [6, 6.07) is 10.2. The lowest BCUT2D eigenvalue weighted by Crippen LogP contribution is -2.31. The first-order valence-corrected chi connectivity index (χ1v) is 10.7. The highest BCUT2D eigenvalue weighted by molar-refractivity contribution is 5.89. The summed E-state index contributed by atoms with van der Waals surface area (Å²) < 4.78 is 2.06. The summed E-state index contributed by atoms with van der Waals surface area (Å²) in [5.74, 6) is 1.64. The number of para-hydroxylation sites is 1. The highest BCUT2D eigenvalue weighted by Gasteiger charge is 2.14. The number of anilines is 2. The molecular weight excluding hydrogens is 376 g/mol. The van der Waals surface area contributed by atoms with E-state index in [1.54, 1.807) is 0 Å². The summed E-state index contributed by atoms with van der Waals surface area (Å²) in [6.07, 6.45) is 6.14. The molecule has 3 aromatic rings. The van der Waals surface area contributed by atoms with Crippen LogP contribution in [0.15, 0.2) is 36.5 Å². The first-order valence-electron chi connectivity index (χ1n) is 10.7. The Kier molecular flexibility index (Phi) is 6.16.